The molecule has 10 heteroatoms. The van der Waals surface area contributed by atoms with E-state index in [0.29, 0.717) is 23.1 Å². The van der Waals surface area contributed by atoms with Crippen molar-refractivity contribution in [1.29, 1.82) is 0 Å². The van der Waals surface area contributed by atoms with E-state index in [1.54, 1.807) is 12.3 Å². The van der Waals surface area contributed by atoms with Crippen molar-refractivity contribution in [2.45, 2.75) is 30.6 Å². The zero-order valence-electron chi connectivity index (χ0n) is 18.8. The summed E-state index contributed by atoms with van der Waals surface area (Å²) in [4.78, 5) is 11.0. The van der Waals surface area contributed by atoms with Crippen LogP contribution in [-0.4, -0.2) is 51.4 Å². The molecule has 2 aliphatic heterocycles. The number of pyridine rings is 1. The molecule has 1 fully saturated rings. The second-order valence-corrected chi connectivity index (χ2v) is 9.67. The lowest BCUT2D eigenvalue weighted by Gasteiger charge is -2.32. The minimum atomic E-state index is -0.383. The number of fused-ring (bicyclic) bond motifs is 1. The summed E-state index contributed by atoms with van der Waals surface area (Å²) in [5, 5.41) is 4.73. The molecule has 1 saturated heterocycles. The average Bonchev–Trinajstić information content (AvgIpc) is 3.19. The van der Waals surface area contributed by atoms with Crippen molar-refractivity contribution in [3.8, 4) is 11.4 Å². The van der Waals surface area contributed by atoms with E-state index >= 15 is 4.39 Å². The number of rotatable bonds is 6. The summed E-state index contributed by atoms with van der Waals surface area (Å²) in [7, 11) is 0. The number of benzene rings is 1. The van der Waals surface area contributed by atoms with Gasteiger partial charge in [-0.1, -0.05) is 23.4 Å². The average molecular weight is 501 g/mol. The first kappa shape index (κ1) is 23.0. The van der Waals surface area contributed by atoms with E-state index in [-0.39, 0.29) is 17.7 Å². The third kappa shape index (κ3) is 4.87. The van der Waals surface area contributed by atoms with Crippen LogP contribution in [0.25, 0.3) is 11.8 Å². The largest absolute Gasteiger partial charge is 0.487 e. The van der Waals surface area contributed by atoms with Crippen molar-refractivity contribution >= 4 is 41.1 Å². The number of nitrogens with two attached hydrogens (primary N) is 1. The van der Waals surface area contributed by atoms with Crippen LogP contribution >= 0.6 is 23.4 Å². The van der Waals surface area contributed by atoms with E-state index < -0.39 is 0 Å². The highest BCUT2D eigenvalue weighted by molar-refractivity contribution is 7.98. The number of piperidine rings is 1. The second-order valence-electron chi connectivity index (χ2n) is 8.41. The molecule has 0 atom stereocenters. The van der Waals surface area contributed by atoms with E-state index in [2.05, 4.69) is 20.2 Å². The SMILES string of the molecule is CSc1nc2c(n1-c1ccc(OC3CCN(Cc4ccnc(N)c4)CC3)c(F)c1)NCC(Cl)=C2. The number of imidazole rings is 1. The fourth-order valence-electron chi connectivity index (χ4n) is 4.37. The molecule has 3 aromatic rings. The van der Waals surface area contributed by atoms with Gasteiger partial charge in [-0.3, -0.25) is 9.47 Å². The fraction of sp³-hybridized carbons (Fsp3) is 0.333. The van der Waals surface area contributed by atoms with Crippen molar-refractivity contribution < 1.29 is 9.13 Å². The number of anilines is 2. The summed E-state index contributed by atoms with van der Waals surface area (Å²) in [6, 6.07) is 8.96. The number of nitrogens with one attached hydrogen (secondary N) is 1. The Bertz CT molecular complexity index is 1220. The Morgan fingerprint density at radius 1 is 1.26 bits per heavy atom. The highest BCUT2D eigenvalue weighted by Crippen LogP contribution is 2.34. The maximum atomic E-state index is 15.1. The maximum absolute atomic E-state index is 15.1. The quantitative estimate of drug-likeness (QED) is 0.472. The number of hydrogen-bond donors (Lipinski definition) is 2. The molecule has 0 radical (unpaired) electrons. The Morgan fingerprint density at radius 2 is 2.09 bits per heavy atom. The molecule has 0 spiro atoms. The predicted octanol–water partition coefficient (Wildman–Crippen LogP) is 4.76. The number of halogens is 2. The lowest BCUT2D eigenvalue weighted by atomic mass is 10.1. The number of hydrogen-bond acceptors (Lipinski definition) is 7. The fourth-order valence-corrected chi connectivity index (χ4v) is 5.11. The van der Waals surface area contributed by atoms with Crippen LogP contribution in [0.3, 0.4) is 0 Å². The molecule has 7 nitrogen and oxygen atoms in total. The Morgan fingerprint density at radius 3 is 2.82 bits per heavy atom. The first-order valence-electron chi connectivity index (χ1n) is 11.2. The standard InChI is InChI=1S/C24H26ClFN6OS/c1-34-24-30-20-11-16(25)13-29-23(20)32(24)17-2-3-21(19(26)12-17)33-18-5-8-31(9-6-18)14-15-4-7-28-22(27)10-15/h2-4,7,10-12,18,29H,5-6,8-9,13-14H2,1H3,(H2,27,28). The molecule has 0 aliphatic carbocycles. The third-order valence-corrected chi connectivity index (χ3v) is 6.91. The van der Waals surface area contributed by atoms with E-state index in [0.717, 1.165) is 54.7 Å². The van der Waals surface area contributed by atoms with Crippen LogP contribution in [0.4, 0.5) is 16.0 Å². The normalized spacial score (nSPS) is 16.6. The lowest BCUT2D eigenvalue weighted by Crippen LogP contribution is -2.37. The summed E-state index contributed by atoms with van der Waals surface area (Å²) in [5.74, 6) is 1.24. The van der Waals surface area contributed by atoms with Crippen molar-refractivity contribution in [1.82, 2.24) is 19.4 Å². The lowest BCUT2D eigenvalue weighted by molar-refractivity contribution is 0.0935. The number of aromatic nitrogens is 3. The highest BCUT2D eigenvalue weighted by Gasteiger charge is 2.24. The van der Waals surface area contributed by atoms with Gasteiger partial charge < -0.3 is 15.8 Å². The van der Waals surface area contributed by atoms with Crippen LogP contribution in [0.2, 0.25) is 0 Å². The van der Waals surface area contributed by atoms with Crippen molar-refractivity contribution in [2.24, 2.45) is 0 Å². The van der Waals surface area contributed by atoms with E-state index in [1.165, 1.54) is 17.8 Å². The maximum Gasteiger partial charge on any atom is 0.174 e. The van der Waals surface area contributed by atoms with Crippen LogP contribution in [0.15, 0.2) is 46.7 Å². The van der Waals surface area contributed by atoms with Crippen molar-refractivity contribution in [3.63, 3.8) is 0 Å². The van der Waals surface area contributed by atoms with Gasteiger partial charge in [0.1, 0.15) is 23.4 Å². The van der Waals surface area contributed by atoms with E-state index in [9.17, 15) is 0 Å². The van der Waals surface area contributed by atoms with Gasteiger partial charge in [-0.15, -0.1) is 0 Å². The number of thioether (sulfide) groups is 1. The number of likely N-dealkylation sites (tertiary alicyclic amines) is 1. The van der Waals surface area contributed by atoms with Crippen LogP contribution in [0.5, 0.6) is 5.75 Å². The molecule has 34 heavy (non-hydrogen) atoms. The number of ether oxygens (including phenoxy) is 1. The van der Waals surface area contributed by atoms with Gasteiger partial charge >= 0.3 is 0 Å². The second kappa shape index (κ2) is 9.85. The summed E-state index contributed by atoms with van der Waals surface area (Å²) in [6.07, 6.45) is 7.18. The smallest absolute Gasteiger partial charge is 0.174 e. The van der Waals surface area contributed by atoms with Gasteiger partial charge in [0.05, 0.1) is 12.2 Å². The first-order chi connectivity index (χ1) is 16.5. The first-order valence-corrected chi connectivity index (χ1v) is 12.8. The van der Waals surface area contributed by atoms with Gasteiger partial charge in [-0.25, -0.2) is 14.4 Å². The minimum Gasteiger partial charge on any atom is -0.487 e. The van der Waals surface area contributed by atoms with Gasteiger partial charge in [0.2, 0.25) is 0 Å². The molecule has 0 bridgehead atoms. The molecular formula is C24H26ClFN6OS. The molecule has 2 aromatic heterocycles. The summed E-state index contributed by atoms with van der Waals surface area (Å²) >= 11 is 7.64. The van der Waals surface area contributed by atoms with Gasteiger partial charge in [0.15, 0.2) is 16.7 Å². The van der Waals surface area contributed by atoms with Crippen molar-refractivity contribution in [3.05, 3.63) is 58.6 Å². The molecule has 0 saturated carbocycles. The molecule has 0 unspecified atom stereocenters. The molecule has 1 aromatic carbocycles. The molecule has 3 N–H and O–H groups in total. The zero-order valence-corrected chi connectivity index (χ0v) is 20.4. The topological polar surface area (TPSA) is 81.2 Å². The van der Waals surface area contributed by atoms with E-state index in [4.69, 9.17) is 22.1 Å². The number of nitrogens with zero attached hydrogens (tertiary/aromatic N) is 4. The predicted molar refractivity (Wildman–Crippen MR) is 135 cm³/mol. The van der Waals surface area contributed by atoms with Crippen LogP contribution in [-0.2, 0) is 6.54 Å². The van der Waals surface area contributed by atoms with Gasteiger partial charge in [-0.2, -0.15) is 0 Å². The van der Waals surface area contributed by atoms with Crippen LogP contribution < -0.4 is 15.8 Å². The summed E-state index contributed by atoms with van der Waals surface area (Å²) in [6.45, 7) is 3.11. The Kier molecular flexibility index (Phi) is 6.67. The van der Waals surface area contributed by atoms with Gasteiger partial charge in [-0.05, 0) is 55.0 Å². The highest BCUT2D eigenvalue weighted by atomic mass is 35.5. The van der Waals surface area contributed by atoms with Gasteiger partial charge in [0, 0.05) is 36.9 Å². The van der Waals surface area contributed by atoms with Crippen LogP contribution in [0, 0.1) is 5.82 Å². The Labute approximate surface area is 207 Å². The van der Waals surface area contributed by atoms with Gasteiger partial charge in [0.25, 0.3) is 0 Å². The van der Waals surface area contributed by atoms with Crippen LogP contribution in [0.1, 0.15) is 24.1 Å². The van der Waals surface area contributed by atoms with E-state index in [1.807, 2.05) is 35.1 Å². The molecule has 2 aliphatic rings. The van der Waals surface area contributed by atoms with Crippen molar-refractivity contribution in [2.75, 3.05) is 36.9 Å². The minimum absolute atomic E-state index is 0.0178. The molecule has 178 valence electrons. The third-order valence-electron chi connectivity index (χ3n) is 6.03. The summed E-state index contributed by atoms with van der Waals surface area (Å²) < 4.78 is 23.1. The molecular weight excluding hydrogens is 475 g/mol. The summed E-state index contributed by atoms with van der Waals surface area (Å²) in [5.41, 5.74) is 8.37. The Hall–Kier alpha value is -2.75. The zero-order chi connectivity index (χ0) is 23.7. The Balaban J connectivity index is 1.25. The molecule has 0 amide bonds. The molecule has 5 rings (SSSR count). The number of nitrogen functional groups attached to an aromatic ring is 1. The molecule has 4 heterocycles. The monoisotopic (exact) mass is 500 g/mol.